The first-order chi connectivity index (χ1) is 11.8. The summed E-state index contributed by atoms with van der Waals surface area (Å²) in [6, 6.07) is 20.0. The zero-order valence-electron chi connectivity index (χ0n) is 13.5. The van der Waals surface area contributed by atoms with E-state index in [4.69, 9.17) is 19.4 Å². The first kappa shape index (κ1) is 17.1. The van der Waals surface area contributed by atoms with Crippen LogP contribution in [-0.2, 0) is 27.4 Å². The lowest BCUT2D eigenvalue weighted by molar-refractivity contribution is -0.0953. The van der Waals surface area contributed by atoms with Gasteiger partial charge < -0.3 is 19.4 Å². The molecule has 0 amide bonds. The van der Waals surface area contributed by atoms with Gasteiger partial charge in [0.25, 0.3) is 0 Å². The van der Waals surface area contributed by atoms with E-state index in [0.717, 1.165) is 11.1 Å². The van der Waals surface area contributed by atoms with Gasteiger partial charge in [0, 0.05) is 6.42 Å². The van der Waals surface area contributed by atoms with Crippen LogP contribution in [0.1, 0.15) is 17.5 Å². The molecule has 5 heteroatoms. The molecule has 2 aromatic carbocycles. The van der Waals surface area contributed by atoms with E-state index < -0.39 is 6.23 Å². The Balaban J connectivity index is 1.49. The van der Waals surface area contributed by atoms with E-state index in [-0.39, 0.29) is 12.2 Å². The second-order valence-corrected chi connectivity index (χ2v) is 5.86. The summed E-state index contributed by atoms with van der Waals surface area (Å²) >= 11 is 0. The van der Waals surface area contributed by atoms with E-state index in [1.165, 1.54) is 0 Å². The van der Waals surface area contributed by atoms with Crippen LogP contribution in [0, 0.1) is 0 Å². The molecular weight excluding hydrogens is 306 g/mol. The van der Waals surface area contributed by atoms with Crippen molar-refractivity contribution in [3.8, 4) is 0 Å². The van der Waals surface area contributed by atoms with Crippen molar-refractivity contribution in [2.24, 2.45) is 0 Å². The summed E-state index contributed by atoms with van der Waals surface area (Å²) in [5, 5.41) is 9.12. The Labute approximate surface area is 142 Å². The van der Waals surface area contributed by atoms with Gasteiger partial charge in [-0.25, -0.2) is 0 Å². The van der Waals surface area contributed by atoms with E-state index >= 15 is 0 Å². The summed E-state index contributed by atoms with van der Waals surface area (Å²) < 4.78 is 17.5. The Morgan fingerprint density at radius 2 is 1.58 bits per heavy atom. The Morgan fingerprint density at radius 3 is 2.21 bits per heavy atom. The van der Waals surface area contributed by atoms with Crippen LogP contribution < -0.4 is 5.48 Å². The third-order valence-electron chi connectivity index (χ3n) is 4.04. The van der Waals surface area contributed by atoms with Crippen LogP contribution in [0.2, 0.25) is 0 Å². The zero-order valence-corrected chi connectivity index (χ0v) is 13.5. The Kier molecular flexibility index (Phi) is 6.34. The quantitative estimate of drug-likeness (QED) is 0.729. The molecule has 3 rings (SSSR count). The van der Waals surface area contributed by atoms with Gasteiger partial charge >= 0.3 is 0 Å². The highest BCUT2D eigenvalue weighted by molar-refractivity contribution is 5.14. The van der Waals surface area contributed by atoms with Crippen molar-refractivity contribution in [1.82, 2.24) is 5.48 Å². The molecule has 1 heterocycles. The maximum absolute atomic E-state index is 9.12. The maximum Gasteiger partial charge on any atom is 0.133 e. The average Bonchev–Trinajstić information content (AvgIpc) is 3.04. The molecule has 1 aliphatic rings. The van der Waals surface area contributed by atoms with E-state index in [1.807, 2.05) is 60.7 Å². The lowest BCUT2D eigenvalue weighted by Crippen LogP contribution is -2.29. The number of benzene rings is 2. The molecular formula is C19H23NO4. The third-order valence-corrected chi connectivity index (χ3v) is 4.04. The normalized spacial score (nSPS) is 23.5. The minimum Gasteiger partial charge on any atom is -0.374 e. The third kappa shape index (κ3) is 4.87. The van der Waals surface area contributed by atoms with Crippen molar-refractivity contribution >= 4 is 0 Å². The molecule has 24 heavy (non-hydrogen) atoms. The van der Waals surface area contributed by atoms with Crippen molar-refractivity contribution in [3.63, 3.8) is 0 Å². The molecule has 0 aromatic heterocycles. The van der Waals surface area contributed by atoms with Gasteiger partial charge in [0.1, 0.15) is 12.3 Å². The Morgan fingerprint density at radius 1 is 0.958 bits per heavy atom. The molecule has 0 spiro atoms. The number of nitrogens with one attached hydrogen (secondary N) is 1. The summed E-state index contributed by atoms with van der Waals surface area (Å²) in [5.74, 6) is 0. The van der Waals surface area contributed by atoms with Gasteiger partial charge in [-0.3, -0.25) is 0 Å². The second-order valence-electron chi connectivity index (χ2n) is 5.86. The summed E-state index contributed by atoms with van der Waals surface area (Å²) in [6.45, 7) is 1.47. The number of hydroxylamine groups is 1. The summed E-state index contributed by atoms with van der Waals surface area (Å²) in [4.78, 5) is 0. The van der Waals surface area contributed by atoms with Crippen molar-refractivity contribution < 1.29 is 19.4 Å². The number of ether oxygens (including phenoxy) is 3. The van der Waals surface area contributed by atoms with E-state index in [2.05, 4.69) is 5.48 Å². The van der Waals surface area contributed by atoms with Crippen LogP contribution in [0.4, 0.5) is 0 Å². The highest BCUT2D eigenvalue weighted by Crippen LogP contribution is 2.23. The zero-order chi connectivity index (χ0) is 16.6. The van der Waals surface area contributed by atoms with Gasteiger partial charge in [0.2, 0.25) is 0 Å². The predicted octanol–water partition coefficient (Wildman–Crippen LogP) is 2.88. The van der Waals surface area contributed by atoms with Crippen LogP contribution in [-0.4, -0.2) is 30.2 Å². The Hall–Kier alpha value is -1.76. The van der Waals surface area contributed by atoms with Crippen LogP contribution in [0.15, 0.2) is 60.7 Å². The molecule has 1 fully saturated rings. The van der Waals surface area contributed by atoms with Gasteiger partial charge in [-0.15, -0.1) is 0 Å². The molecule has 1 unspecified atom stereocenters. The highest BCUT2D eigenvalue weighted by Gasteiger charge is 2.36. The van der Waals surface area contributed by atoms with Crippen LogP contribution in [0.5, 0.6) is 0 Å². The fourth-order valence-electron chi connectivity index (χ4n) is 2.77. The standard InChI is InChI=1S/C19H23NO4/c21-20-19-11-17(23-13-16-9-5-2-6-10-16)18(24-19)14-22-12-15-7-3-1-4-8-15/h1-10,17-21H,11-14H2/t17-,18+,19?/m0/s1. The molecule has 2 N–H and O–H groups in total. The van der Waals surface area contributed by atoms with Crippen molar-refractivity contribution in [2.75, 3.05) is 6.61 Å². The van der Waals surface area contributed by atoms with E-state index in [0.29, 0.717) is 26.2 Å². The molecule has 128 valence electrons. The predicted molar refractivity (Wildman–Crippen MR) is 89.3 cm³/mol. The SMILES string of the molecule is ONC1C[C@H](OCc2ccccc2)[C@@H](COCc2ccccc2)O1. The van der Waals surface area contributed by atoms with E-state index in [1.54, 1.807) is 0 Å². The molecule has 3 atom stereocenters. The smallest absolute Gasteiger partial charge is 0.133 e. The van der Waals surface area contributed by atoms with Crippen molar-refractivity contribution in [1.29, 1.82) is 0 Å². The summed E-state index contributed by atoms with van der Waals surface area (Å²) in [6.07, 6.45) is -0.160. The molecule has 2 aromatic rings. The van der Waals surface area contributed by atoms with Crippen molar-refractivity contribution in [3.05, 3.63) is 71.8 Å². The highest BCUT2D eigenvalue weighted by atomic mass is 16.6. The van der Waals surface area contributed by atoms with Crippen LogP contribution in [0.25, 0.3) is 0 Å². The lowest BCUT2D eigenvalue weighted by Gasteiger charge is -2.19. The molecule has 1 saturated heterocycles. The number of hydrogen-bond acceptors (Lipinski definition) is 5. The molecule has 0 saturated carbocycles. The molecule has 0 aliphatic carbocycles. The minimum absolute atomic E-state index is 0.120. The van der Waals surface area contributed by atoms with Gasteiger partial charge in [-0.1, -0.05) is 60.7 Å². The topological polar surface area (TPSA) is 60.0 Å². The molecule has 1 aliphatic heterocycles. The molecule has 5 nitrogen and oxygen atoms in total. The fourth-order valence-corrected chi connectivity index (χ4v) is 2.77. The summed E-state index contributed by atoms with van der Waals surface area (Å²) in [5.41, 5.74) is 4.40. The number of rotatable bonds is 8. The second kappa shape index (κ2) is 8.92. The van der Waals surface area contributed by atoms with Gasteiger partial charge in [0.15, 0.2) is 0 Å². The minimum atomic E-state index is -0.420. The van der Waals surface area contributed by atoms with Gasteiger partial charge in [0.05, 0.1) is 25.9 Å². The van der Waals surface area contributed by atoms with Gasteiger partial charge in [-0.05, 0) is 11.1 Å². The fraction of sp³-hybridized carbons (Fsp3) is 0.368. The average molecular weight is 329 g/mol. The Bertz CT molecular complexity index is 593. The lowest BCUT2D eigenvalue weighted by atomic mass is 10.1. The number of hydrogen-bond donors (Lipinski definition) is 2. The van der Waals surface area contributed by atoms with Crippen molar-refractivity contribution in [2.45, 2.75) is 38.1 Å². The molecule has 0 bridgehead atoms. The maximum atomic E-state index is 9.12. The van der Waals surface area contributed by atoms with Crippen LogP contribution in [0.3, 0.4) is 0 Å². The van der Waals surface area contributed by atoms with Crippen LogP contribution >= 0.6 is 0 Å². The first-order valence-corrected chi connectivity index (χ1v) is 8.17. The molecule has 0 radical (unpaired) electrons. The van der Waals surface area contributed by atoms with Gasteiger partial charge in [-0.2, -0.15) is 5.48 Å². The van der Waals surface area contributed by atoms with E-state index in [9.17, 15) is 0 Å². The summed E-state index contributed by atoms with van der Waals surface area (Å²) in [7, 11) is 0. The monoisotopic (exact) mass is 329 g/mol. The largest absolute Gasteiger partial charge is 0.374 e. The first-order valence-electron chi connectivity index (χ1n) is 8.17.